The van der Waals surface area contributed by atoms with Crippen LogP contribution in [0.15, 0.2) is 4.99 Å². The molecule has 2 aliphatic heterocycles. The Morgan fingerprint density at radius 1 is 1.19 bits per heavy atom. The van der Waals surface area contributed by atoms with Crippen molar-refractivity contribution in [3.63, 3.8) is 0 Å². The summed E-state index contributed by atoms with van der Waals surface area (Å²) in [5.74, 6) is 0.595. The van der Waals surface area contributed by atoms with Gasteiger partial charge in [-0.2, -0.15) is 0 Å². The van der Waals surface area contributed by atoms with Gasteiger partial charge in [0.1, 0.15) is 11.4 Å². The third-order valence-electron chi connectivity index (χ3n) is 6.17. The molecule has 1 spiro atoms. The van der Waals surface area contributed by atoms with Crippen molar-refractivity contribution in [2.75, 3.05) is 13.1 Å². The molecule has 2 heterocycles. The average molecular weight is 365 g/mol. The number of hydrogen-bond acceptors (Lipinski definition) is 3. The maximum Gasteiger partial charge on any atom is 0.260 e. The van der Waals surface area contributed by atoms with E-state index in [-0.39, 0.29) is 17.9 Å². The highest BCUT2D eigenvalue weighted by Gasteiger charge is 2.52. The summed E-state index contributed by atoms with van der Waals surface area (Å²) in [5, 5.41) is 0. The SMILES string of the molecule is CCCCC1=NC2(CCN(C(=O)C3(F)CCCC3)CC2)C(=O)N1C(C)C. The number of likely N-dealkylation sites (tertiary alicyclic amines) is 1. The first-order valence-electron chi connectivity index (χ1n) is 10.2. The summed E-state index contributed by atoms with van der Waals surface area (Å²) in [6, 6.07) is 0.0877. The van der Waals surface area contributed by atoms with Crippen molar-refractivity contribution >= 4 is 17.6 Å². The number of unbranched alkanes of at least 4 members (excludes halogenated alkanes) is 1. The van der Waals surface area contributed by atoms with E-state index in [9.17, 15) is 14.0 Å². The lowest BCUT2D eigenvalue weighted by atomic mass is 9.86. The fourth-order valence-corrected chi connectivity index (χ4v) is 4.57. The number of amides is 2. The molecule has 0 atom stereocenters. The molecular weight excluding hydrogens is 333 g/mol. The molecule has 3 aliphatic rings. The number of alkyl halides is 1. The zero-order chi connectivity index (χ0) is 18.9. The number of piperidine rings is 1. The summed E-state index contributed by atoms with van der Waals surface area (Å²) < 4.78 is 14.8. The molecule has 1 saturated heterocycles. The van der Waals surface area contributed by atoms with E-state index in [1.165, 1.54) is 0 Å². The molecule has 2 fully saturated rings. The highest BCUT2D eigenvalue weighted by molar-refractivity contribution is 6.08. The van der Waals surface area contributed by atoms with Gasteiger partial charge in [-0.1, -0.05) is 13.3 Å². The number of carbonyl (C=O) groups is 2. The van der Waals surface area contributed by atoms with Crippen LogP contribution < -0.4 is 0 Å². The molecule has 0 aromatic heterocycles. The van der Waals surface area contributed by atoms with Gasteiger partial charge < -0.3 is 4.90 Å². The second-order valence-corrected chi connectivity index (χ2v) is 8.40. The van der Waals surface area contributed by atoms with Crippen LogP contribution in [0.5, 0.6) is 0 Å². The Hall–Kier alpha value is -1.46. The van der Waals surface area contributed by atoms with Crippen LogP contribution >= 0.6 is 0 Å². The molecule has 0 radical (unpaired) electrons. The molecule has 0 unspecified atom stereocenters. The van der Waals surface area contributed by atoms with E-state index in [0.29, 0.717) is 38.8 Å². The van der Waals surface area contributed by atoms with Crippen LogP contribution in [0.25, 0.3) is 0 Å². The summed E-state index contributed by atoms with van der Waals surface area (Å²) in [6.45, 7) is 7.01. The number of amidine groups is 1. The highest BCUT2D eigenvalue weighted by Crippen LogP contribution is 2.39. The summed E-state index contributed by atoms with van der Waals surface area (Å²) >= 11 is 0. The largest absolute Gasteiger partial charge is 0.340 e. The average Bonchev–Trinajstić information content (AvgIpc) is 3.17. The Bertz CT molecular complexity index is 588. The molecule has 0 aromatic rings. The first kappa shape index (κ1) is 19.3. The van der Waals surface area contributed by atoms with E-state index in [2.05, 4.69) is 6.92 Å². The molecule has 0 N–H and O–H groups in total. The highest BCUT2D eigenvalue weighted by atomic mass is 19.1. The van der Waals surface area contributed by atoms with Crippen molar-refractivity contribution in [1.29, 1.82) is 0 Å². The van der Waals surface area contributed by atoms with Crippen molar-refractivity contribution < 1.29 is 14.0 Å². The number of rotatable bonds is 5. The fraction of sp³-hybridized carbons (Fsp3) is 0.850. The monoisotopic (exact) mass is 365 g/mol. The van der Waals surface area contributed by atoms with Gasteiger partial charge in [0, 0.05) is 25.6 Å². The molecule has 1 saturated carbocycles. The number of halogens is 1. The zero-order valence-electron chi connectivity index (χ0n) is 16.4. The summed E-state index contributed by atoms with van der Waals surface area (Å²) in [6.07, 6.45) is 6.16. The van der Waals surface area contributed by atoms with Crippen LogP contribution in [0.4, 0.5) is 4.39 Å². The minimum atomic E-state index is -1.68. The molecule has 146 valence electrons. The van der Waals surface area contributed by atoms with Crippen molar-refractivity contribution in [2.45, 2.75) is 95.8 Å². The Morgan fingerprint density at radius 3 is 2.35 bits per heavy atom. The van der Waals surface area contributed by atoms with Gasteiger partial charge in [-0.05, 0) is 58.8 Å². The molecule has 0 bridgehead atoms. The number of hydrogen-bond donors (Lipinski definition) is 0. The molecule has 3 rings (SSSR count). The lowest BCUT2D eigenvalue weighted by Gasteiger charge is -2.38. The number of carbonyl (C=O) groups excluding carboxylic acids is 2. The molecule has 26 heavy (non-hydrogen) atoms. The van der Waals surface area contributed by atoms with Gasteiger partial charge in [0.05, 0.1) is 0 Å². The first-order chi connectivity index (χ1) is 12.3. The third-order valence-corrected chi connectivity index (χ3v) is 6.17. The smallest absolute Gasteiger partial charge is 0.260 e. The van der Waals surface area contributed by atoms with Gasteiger partial charge >= 0.3 is 0 Å². The van der Waals surface area contributed by atoms with Crippen molar-refractivity contribution in [3.8, 4) is 0 Å². The lowest BCUT2D eigenvalue weighted by molar-refractivity contribution is -0.147. The second kappa shape index (κ2) is 7.28. The van der Waals surface area contributed by atoms with E-state index in [4.69, 9.17) is 4.99 Å². The quantitative estimate of drug-likeness (QED) is 0.749. The van der Waals surface area contributed by atoms with Crippen LogP contribution in [0.3, 0.4) is 0 Å². The van der Waals surface area contributed by atoms with E-state index in [1.54, 1.807) is 4.90 Å². The van der Waals surface area contributed by atoms with Gasteiger partial charge in [-0.3, -0.25) is 19.5 Å². The fourth-order valence-electron chi connectivity index (χ4n) is 4.57. The summed E-state index contributed by atoms with van der Waals surface area (Å²) in [4.78, 5) is 34.1. The van der Waals surface area contributed by atoms with Gasteiger partial charge in [-0.15, -0.1) is 0 Å². The molecule has 2 amide bonds. The van der Waals surface area contributed by atoms with Crippen LogP contribution in [-0.4, -0.2) is 57.8 Å². The predicted octanol–water partition coefficient (Wildman–Crippen LogP) is 3.47. The Kier molecular flexibility index (Phi) is 5.40. The standard InChI is InChI=1S/C20H32FN3O2/c1-4-5-8-16-22-20(18(26)24(16)15(2)3)11-13-23(14-12-20)17(25)19(21)9-6-7-10-19/h15H,4-14H2,1-3H3. The van der Waals surface area contributed by atoms with Gasteiger partial charge in [0.15, 0.2) is 5.67 Å². The zero-order valence-corrected chi connectivity index (χ0v) is 16.4. The van der Waals surface area contributed by atoms with Crippen LogP contribution in [-0.2, 0) is 9.59 Å². The van der Waals surface area contributed by atoms with Crippen LogP contribution in [0.1, 0.15) is 78.6 Å². The van der Waals surface area contributed by atoms with Crippen LogP contribution in [0, 0.1) is 0 Å². The van der Waals surface area contributed by atoms with E-state index >= 15 is 0 Å². The normalized spacial score (nSPS) is 24.7. The second-order valence-electron chi connectivity index (χ2n) is 8.40. The molecule has 1 aliphatic carbocycles. The van der Waals surface area contributed by atoms with E-state index < -0.39 is 11.2 Å². The molecule has 6 heteroatoms. The van der Waals surface area contributed by atoms with E-state index in [1.807, 2.05) is 18.7 Å². The van der Waals surface area contributed by atoms with Gasteiger partial charge in [-0.25, -0.2) is 4.39 Å². The minimum Gasteiger partial charge on any atom is -0.340 e. The number of nitrogens with zero attached hydrogens (tertiary/aromatic N) is 3. The summed E-state index contributed by atoms with van der Waals surface area (Å²) in [7, 11) is 0. The Labute approximate surface area is 156 Å². The Balaban J connectivity index is 1.71. The minimum absolute atomic E-state index is 0.0709. The lowest BCUT2D eigenvalue weighted by Crippen LogP contribution is -2.55. The molecule has 0 aromatic carbocycles. The molecule has 5 nitrogen and oxygen atoms in total. The first-order valence-corrected chi connectivity index (χ1v) is 10.2. The third kappa shape index (κ3) is 3.27. The summed E-state index contributed by atoms with van der Waals surface area (Å²) in [5.41, 5.74) is -2.41. The van der Waals surface area contributed by atoms with E-state index in [0.717, 1.165) is 37.9 Å². The predicted molar refractivity (Wildman–Crippen MR) is 99.8 cm³/mol. The van der Waals surface area contributed by atoms with Gasteiger partial charge in [0.2, 0.25) is 0 Å². The van der Waals surface area contributed by atoms with Crippen molar-refractivity contribution in [1.82, 2.24) is 9.80 Å². The van der Waals surface area contributed by atoms with Crippen LogP contribution in [0.2, 0.25) is 0 Å². The maximum atomic E-state index is 14.8. The molecular formula is C20H32FN3O2. The maximum absolute atomic E-state index is 14.8. The van der Waals surface area contributed by atoms with Crippen molar-refractivity contribution in [2.24, 2.45) is 4.99 Å². The number of aliphatic imine (C=N–C) groups is 1. The van der Waals surface area contributed by atoms with Crippen molar-refractivity contribution in [3.05, 3.63) is 0 Å². The van der Waals surface area contributed by atoms with Gasteiger partial charge in [0.25, 0.3) is 11.8 Å². The topological polar surface area (TPSA) is 53.0 Å². The Morgan fingerprint density at radius 2 is 1.81 bits per heavy atom.